The monoisotopic (exact) mass is 210 g/mol. The topological polar surface area (TPSA) is 91.3 Å². The van der Waals surface area contributed by atoms with Crippen LogP contribution in [0, 0.1) is 10.1 Å². The Balaban J connectivity index is 2.72. The standard InChI is InChI=1S/C8H10N4O3/c1-11(6-13)10-9-7-2-4-8(5-3-7)12(14)15/h2-5,13H,6H2,1H3. The van der Waals surface area contributed by atoms with E-state index in [1.807, 2.05) is 0 Å². The molecule has 0 spiro atoms. The van der Waals surface area contributed by atoms with Gasteiger partial charge in [-0.2, -0.15) is 0 Å². The van der Waals surface area contributed by atoms with E-state index >= 15 is 0 Å². The number of nitrogens with zero attached hydrogens (tertiary/aromatic N) is 4. The van der Waals surface area contributed by atoms with Crippen molar-refractivity contribution < 1.29 is 10.0 Å². The maximum absolute atomic E-state index is 10.3. The summed E-state index contributed by atoms with van der Waals surface area (Å²) in [7, 11) is 1.55. The summed E-state index contributed by atoms with van der Waals surface area (Å²) in [5.41, 5.74) is 0.491. The zero-order valence-corrected chi connectivity index (χ0v) is 8.07. The number of hydrogen-bond donors (Lipinski definition) is 1. The molecule has 0 radical (unpaired) electrons. The minimum absolute atomic E-state index is 0.00413. The van der Waals surface area contributed by atoms with Gasteiger partial charge in [-0.15, -0.1) is 5.11 Å². The molecular weight excluding hydrogens is 200 g/mol. The van der Waals surface area contributed by atoms with E-state index in [4.69, 9.17) is 5.11 Å². The first-order valence-corrected chi connectivity index (χ1v) is 4.11. The summed E-state index contributed by atoms with van der Waals surface area (Å²) in [5.74, 6) is 0. The van der Waals surface area contributed by atoms with Gasteiger partial charge in [-0.1, -0.05) is 5.22 Å². The van der Waals surface area contributed by atoms with Crippen LogP contribution in [0.15, 0.2) is 34.6 Å². The van der Waals surface area contributed by atoms with Gasteiger partial charge in [-0.3, -0.25) is 15.1 Å². The van der Waals surface area contributed by atoms with E-state index in [2.05, 4.69) is 10.3 Å². The molecule has 0 aliphatic carbocycles. The van der Waals surface area contributed by atoms with Crippen molar-refractivity contribution in [1.82, 2.24) is 5.01 Å². The number of hydrogen-bond acceptors (Lipinski definition) is 5. The Morgan fingerprint density at radius 2 is 2.07 bits per heavy atom. The number of nitro groups is 1. The number of aliphatic hydroxyl groups excluding tert-OH is 1. The van der Waals surface area contributed by atoms with Crippen LogP contribution >= 0.6 is 0 Å². The summed E-state index contributed by atoms with van der Waals surface area (Å²) < 4.78 is 0. The van der Waals surface area contributed by atoms with Crippen molar-refractivity contribution >= 4 is 11.4 Å². The smallest absolute Gasteiger partial charge is 0.269 e. The first-order valence-electron chi connectivity index (χ1n) is 4.11. The molecule has 1 aromatic rings. The highest BCUT2D eigenvalue weighted by atomic mass is 16.6. The molecule has 0 heterocycles. The molecule has 1 rings (SSSR count). The first-order chi connectivity index (χ1) is 7.13. The molecule has 0 saturated heterocycles. The fourth-order valence-electron chi connectivity index (χ4n) is 0.797. The molecule has 15 heavy (non-hydrogen) atoms. The zero-order chi connectivity index (χ0) is 11.3. The summed E-state index contributed by atoms with van der Waals surface area (Å²) in [4.78, 5) is 9.85. The molecule has 7 nitrogen and oxygen atoms in total. The van der Waals surface area contributed by atoms with Crippen molar-refractivity contribution in [2.45, 2.75) is 0 Å². The van der Waals surface area contributed by atoms with Gasteiger partial charge in [0.15, 0.2) is 0 Å². The molecule has 1 N–H and O–H groups in total. The van der Waals surface area contributed by atoms with Crippen LogP contribution in [0.25, 0.3) is 0 Å². The summed E-state index contributed by atoms with van der Waals surface area (Å²) in [5, 5.41) is 27.5. The fraction of sp³-hybridized carbons (Fsp3) is 0.250. The molecule has 0 aliphatic heterocycles. The number of nitro benzene ring substituents is 1. The van der Waals surface area contributed by atoms with Crippen LogP contribution in [0.2, 0.25) is 0 Å². The lowest BCUT2D eigenvalue weighted by Gasteiger charge is -2.04. The third kappa shape index (κ3) is 3.31. The van der Waals surface area contributed by atoms with E-state index in [0.717, 1.165) is 0 Å². The van der Waals surface area contributed by atoms with Crippen LogP contribution in [0.4, 0.5) is 11.4 Å². The minimum Gasteiger partial charge on any atom is -0.375 e. The molecule has 80 valence electrons. The van der Waals surface area contributed by atoms with Crippen molar-refractivity contribution in [2.24, 2.45) is 10.3 Å². The van der Waals surface area contributed by atoms with Crippen LogP contribution in [0.3, 0.4) is 0 Å². The second kappa shape index (κ2) is 5.01. The van der Waals surface area contributed by atoms with Crippen molar-refractivity contribution in [2.75, 3.05) is 13.8 Å². The molecule has 7 heteroatoms. The van der Waals surface area contributed by atoms with E-state index in [1.54, 1.807) is 7.05 Å². The normalized spacial score (nSPS) is 10.5. The summed E-state index contributed by atoms with van der Waals surface area (Å²) in [6.45, 7) is -0.240. The van der Waals surface area contributed by atoms with Crippen LogP contribution in [-0.4, -0.2) is 28.8 Å². The highest BCUT2D eigenvalue weighted by Gasteiger charge is 2.02. The fourth-order valence-corrected chi connectivity index (χ4v) is 0.797. The lowest BCUT2D eigenvalue weighted by molar-refractivity contribution is -0.384. The summed E-state index contributed by atoms with van der Waals surface area (Å²) in [6.07, 6.45) is 0. The largest absolute Gasteiger partial charge is 0.375 e. The molecule has 0 amide bonds. The van der Waals surface area contributed by atoms with E-state index in [9.17, 15) is 10.1 Å². The second-order valence-electron chi connectivity index (χ2n) is 2.76. The molecule has 0 aliphatic rings. The molecule has 1 aromatic carbocycles. The van der Waals surface area contributed by atoms with Crippen molar-refractivity contribution in [3.05, 3.63) is 34.4 Å². The predicted octanol–water partition coefficient (Wildman–Crippen LogP) is 1.48. The number of aliphatic hydroxyl groups is 1. The van der Waals surface area contributed by atoms with Gasteiger partial charge in [0.2, 0.25) is 0 Å². The quantitative estimate of drug-likeness (QED) is 0.352. The number of rotatable bonds is 4. The Labute approximate surface area is 85.8 Å². The third-order valence-corrected chi connectivity index (χ3v) is 1.58. The zero-order valence-electron chi connectivity index (χ0n) is 8.07. The molecular formula is C8H10N4O3. The Morgan fingerprint density at radius 1 is 1.47 bits per heavy atom. The Kier molecular flexibility index (Phi) is 3.69. The van der Waals surface area contributed by atoms with Gasteiger partial charge >= 0.3 is 0 Å². The van der Waals surface area contributed by atoms with Crippen LogP contribution in [0.5, 0.6) is 0 Å². The van der Waals surface area contributed by atoms with Crippen LogP contribution in [-0.2, 0) is 0 Å². The van der Waals surface area contributed by atoms with Crippen LogP contribution in [0.1, 0.15) is 0 Å². The van der Waals surface area contributed by atoms with Crippen molar-refractivity contribution in [1.29, 1.82) is 0 Å². The summed E-state index contributed by atoms with van der Waals surface area (Å²) >= 11 is 0. The second-order valence-corrected chi connectivity index (χ2v) is 2.76. The van der Waals surface area contributed by atoms with Gasteiger partial charge in [-0.25, -0.2) is 0 Å². The first kappa shape index (κ1) is 11.1. The van der Waals surface area contributed by atoms with Crippen molar-refractivity contribution in [3.8, 4) is 0 Å². The van der Waals surface area contributed by atoms with Crippen LogP contribution < -0.4 is 0 Å². The Hall–Kier alpha value is -2.02. The Morgan fingerprint density at radius 3 is 2.53 bits per heavy atom. The molecule has 0 fully saturated rings. The average molecular weight is 210 g/mol. The third-order valence-electron chi connectivity index (χ3n) is 1.58. The lowest BCUT2D eigenvalue weighted by Crippen LogP contribution is -2.10. The molecule has 0 saturated carbocycles. The van der Waals surface area contributed by atoms with E-state index in [0.29, 0.717) is 5.69 Å². The van der Waals surface area contributed by atoms with Gasteiger partial charge in [0.1, 0.15) is 6.73 Å². The minimum atomic E-state index is -0.485. The lowest BCUT2D eigenvalue weighted by atomic mass is 10.3. The van der Waals surface area contributed by atoms with Crippen molar-refractivity contribution in [3.63, 3.8) is 0 Å². The maximum Gasteiger partial charge on any atom is 0.269 e. The number of non-ortho nitro benzene ring substituents is 1. The van der Waals surface area contributed by atoms with Gasteiger partial charge in [0, 0.05) is 19.2 Å². The molecule has 0 aromatic heterocycles. The Bertz CT molecular complexity index is 363. The highest BCUT2D eigenvalue weighted by molar-refractivity contribution is 5.43. The van der Waals surface area contributed by atoms with Gasteiger partial charge < -0.3 is 5.11 Å². The average Bonchev–Trinajstić information content (AvgIpc) is 2.26. The van der Waals surface area contributed by atoms with Gasteiger partial charge in [-0.05, 0) is 12.1 Å². The molecule has 0 unspecified atom stereocenters. The predicted molar refractivity (Wildman–Crippen MR) is 52.5 cm³/mol. The SMILES string of the molecule is CN(CO)N=Nc1ccc([N+](=O)[O-])cc1. The summed E-state index contributed by atoms with van der Waals surface area (Å²) in [6, 6.07) is 5.64. The molecule has 0 bridgehead atoms. The highest BCUT2D eigenvalue weighted by Crippen LogP contribution is 2.18. The van der Waals surface area contributed by atoms with Gasteiger partial charge in [0.05, 0.1) is 10.6 Å². The maximum atomic E-state index is 10.3. The van der Waals surface area contributed by atoms with E-state index < -0.39 is 4.92 Å². The van der Waals surface area contributed by atoms with Gasteiger partial charge in [0.25, 0.3) is 5.69 Å². The molecule has 0 atom stereocenters. The van der Waals surface area contributed by atoms with E-state index in [-0.39, 0.29) is 12.4 Å². The number of benzene rings is 1. The van der Waals surface area contributed by atoms with E-state index in [1.165, 1.54) is 29.3 Å².